The molecule has 1 aromatic rings. The summed E-state index contributed by atoms with van der Waals surface area (Å²) in [5.74, 6) is -0.700. The molecule has 0 fully saturated rings. The number of carbonyl (C=O) groups excluding carboxylic acids is 1. The number of ether oxygens (including phenoxy) is 1. The molecule has 0 radical (unpaired) electrons. The molecule has 0 aliphatic carbocycles. The second-order valence-corrected chi connectivity index (χ2v) is 5.97. The van der Waals surface area contributed by atoms with Gasteiger partial charge in [-0.25, -0.2) is 17.9 Å². The predicted octanol–water partition coefficient (Wildman–Crippen LogP) is -0.242. The molecular formula is C11H14ClNO6S. The summed E-state index contributed by atoms with van der Waals surface area (Å²) in [6.45, 7) is -0.962. The number of halogens is 1. The van der Waals surface area contributed by atoms with Crippen LogP contribution in [0.15, 0.2) is 23.1 Å². The lowest BCUT2D eigenvalue weighted by molar-refractivity contribution is 0.0600. The van der Waals surface area contributed by atoms with E-state index in [-0.39, 0.29) is 22.0 Å². The van der Waals surface area contributed by atoms with Gasteiger partial charge in [0.25, 0.3) is 0 Å². The van der Waals surface area contributed by atoms with Gasteiger partial charge in [-0.15, -0.1) is 0 Å². The standard InChI is InChI=1S/C11H14ClNO6S/c1-19-11(16)7-2-3-9(12)10(4-7)20(17,18)13-5-8(15)6-14/h2-4,8,13-15H,5-6H2,1H3. The summed E-state index contributed by atoms with van der Waals surface area (Å²) in [5.41, 5.74) is 0.0278. The number of hydrogen-bond donors (Lipinski definition) is 3. The van der Waals surface area contributed by atoms with Gasteiger partial charge in [-0.3, -0.25) is 0 Å². The van der Waals surface area contributed by atoms with Gasteiger partial charge in [0, 0.05) is 6.54 Å². The number of methoxy groups -OCH3 is 1. The molecular weight excluding hydrogens is 310 g/mol. The van der Waals surface area contributed by atoms with Crippen LogP contribution in [-0.4, -0.2) is 51.0 Å². The summed E-state index contributed by atoms with van der Waals surface area (Å²) < 4.78 is 30.6. The van der Waals surface area contributed by atoms with E-state index < -0.39 is 28.7 Å². The molecule has 0 aromatic heterocycles. The maximum absolute atomic E-state index is 12.0. The van der Waals surface area contributed by atoms with E-state index in [4.69, 9.17) is 21.8 Å². The zero-order valence-electron chi connectivity index (χ0n) is 10.5. The molecule has 0 aliphatic rings. The minimum Gasteiger partial charge on any atom is -0.465 e. The number of carbonyl (C=O) groups is 1. The Morgan fingerprint density at radius 1 is 1.50 bits per heavy atom. The molecule has 0 aliphatic heterocycles. The second kappa shape index (κ2) is 7.00. The lowest BCUT2D eigenvalue weighted by atomic mass is 10.2. The molecule has 7 nitrogen and oxygen atoms in total. The first-order valence-corrected chi connectivity index (χ1v) is 7.34. The molecule has 1 atom stereocenters. The average Bonchev–Trinajstić information content (AvgIpc) is 2.44. The van der Waals surface area contributed by atoms with Crippen molar-refractivity contribution < 1.29 is 28.2 Å². The van der Waals surface area contributed by atoms with Crippen LogP contribution in [0.1, 0.15) is 10.4 Å². The van der Waals surface area contributed by atoms with Crippen LogP contribution in [0.25, 0.3) is 0 Å². The van der Waals surface area contributed by atoms with Gasteiger partial charge in [-0.05, 0) is 18.2 Å². The lowest BCUT2D eigenvalue weighted by Crippen LogP contribution is -2.34. The van der Waals surface area contributed by atoms with E-state index in [1.54, 1.807) is 0 Å². The Morgan fingerprint density at radius 3 is 2.70 bits per heavy atom. The second-order valence-electron chi connectivity index (χ2n) is 3.83. The summed E-state index contributed by atoms with van der Waals surface area (Å²) >= 11 is 5.79. The number of rotatable bonds is 6. The Labute approximate surface area is 121 Å². The highest BCUT2D eigenvalue weighted by molar-refractivity contribution is 7.89. The monoisotopic (exact) mass is 323 g/mol. The number of benzene rings is 1. The van der Waals surface area contributed by atoms with E-state index in [9.17, 15) is 13.2 Å². The molecule has 1 aromatic carbocycles. The van der Waals surface area contributed by atoms with Crippen molar-refractivity contribution in [1.82, 2.24) is 4.72 Å². The number of sulfonamides is 1. The van der Waals surface area contributed by atoms with Gasteiger partial charge in [-0.1, -0.05) is 11.6 Å². The van der Waals surface area contributed by atoms with Gasteiger partial charge in [0.05, 0.1) is 30.4 Å². The van der Waals surface area contributed by atoms with Gasteiger partial charge < -0.3 is 14.9 Å². The Morgan fingerprint density at radius 2 is 2.15 bits per heavy atom. The molecule has 1 rings (SSSR count). The highest BCUT2D eigenvalue weighted by Gasteiger charge is 2.21. The zero-order valence-corrected chi connectivity index (χ0v) is 12.1. The van der Waals surface area contributed by atoms with Crippen LogP contribution in [0.2, 0.25) is 5.02 Å². The highest BCUT2D eigenvalue weighted by Crippen LogP contribution is 2.22. The Balaban J connectivity index is 3.07. The first-order chi connectivity index (χ1) is 9.31. The van der Waals surface area contributed by atoms with Crippen molar-refractivity contribution in [1.29, 1.82) is 0 Å². The Bertz CT molecular complexity index is 589. The first kappa shape index (κ1) is 16.9. The minimum atomic E-state index is -4.02. The predicted molar refractivity (Wildman–Crippen MR) is 71.1 cm³/mol. The van der Waals surface area contributed by atoms with Crippen LogP contribution in [0, 0.1) is 0 Å². The number of esters is 1. The molecule has 1 unspecified atom stereocenters. The van der Waals surface area contributed by atoms with Crippen LogP contribution in [-0.2, 0) is 14.8 Å². The fourth-order valence-electron chi connectivity index (χ4n) is 1.30. The SMILES string of the molecule is COC(=O)c1ccc(Cl)c(S(=O)(=O)NCC(O)CO)c1. The number of aliphatic hydroxyl groups excluding tert-OH is 2. The van der Waals surface area contributed by atoms with Gasteiger partial charge in [-0.2, -0.15) is 0 Å². The van der Waals surface area contributed by atoms with E-state index in [2.05, 4.69) is 9.46 Å². The van der Waals surface area contributed by atoms with E-state index >= 15 is 0 Å². The summed E-state index contributed by atoms with van der Waals surface area (Å²) in [6.07, 6.45) is -1.23. The molecule has 0 heterocycles. The van der Waals surface area contributed by atoms with Crippen molar-refractivity contribution in [2.45, 2.75) is 11.0 Å². The third-order valence-corrected chi connectivity index (χ3v) is 4.27. The van der Waals surface area contributed by atoms with Crippen molar-refractivity contribution in [3.05, 3.63) is 28.8 Å². The smallest absolute Gasteiger partial charge is 0.337 e. The third kappa shape index (κ3) is 4.15. The third-order valence-electron chi connectivity index (χ3n) is 2.36. The largest absolute Gasteiger partial charge is 0.465 e. The zero-order chi connectivity index (χ0) is 15.3. The topological polar surface area (TPSA) is 113 Å². The van der Waals surface area contributed by atoms with E-state index in [1.165, 1.54) is 19.2 Å². The molecule has 3 N–H and O–H groups in total. The van der Waals surface area contributed by atoms with Gasteiger partial charge >= 0.3 is 5.97 Å². The molecule has 0 saturated carbocycles. The molecule has 0 saturated heterocycles. The van der Waals surface area contributed by atoms with E-state index in [0.29, 0.717) is 0 Å². The van der Waals surface area contributed by atoms with Crippen LogP contribution >= 0.6 is 11.6 Å². The molecule has 0 amide bonds. The molecule has 112 valence electrons. The van der Waals surface area contributed by atoms with Crippen molar-refractivity contribution in [3.8, 4) is 0 Å². The molecule has 0 spiro atoms. The fraction of sp³-hybridized carbons (Fsp3) is 0.364. The highest BCUT2D eigenvalue weighted by atomic mass is 35.5. The normalized spacial score (nSPS) is 13.0. The quantitative estimate of drug-likeness (QED) is 0.623. The van der Waals surface area contributed by atoms with E-state index in [1.807, 2.05) is 0 Å². The van der Waals surface area contributed by atoms with Crippen LogP contribution < -0.4 is 4.72 Å². The number of hydrogen-bond acceptors (Lipinski definition) is 6. The maximum Gasteiger partial charge on any atom is 0.337 e. The van der Waals surface area contributed by atoms with E-state index in [0.717, 1.165) is 6.07 Å². The first-order valence-electron chi connectivity index (χ1n) is 5.48. The van der Waals surface area contributed by atoms with Gasteiger partial charge in [0.1, 0.15) is 4.90 Å². The summed E-state index contributed by atoms with van der Waals surface area (Å²) in [6, 6.07) is 3.66. The minimum absolute atomic E-state index is 0.0278. The van der Waals surface area contributed by atoms with Crippen LogP contribution in [0.5, 0.6) is 0 Å². The molecule has 20 heavy (non-hydrogen) atoms. The van der Waals surface area contributed by atoms with Crippen molar-refractivity contribution in [2.24, 2.45) is 0 Å². The summed E-state index contributed by atoms with van der Waals surface area (Å²) in [7, 11) is -2.85. The summed E-state index contributed by atoms with van der Waals surface area (Å²) in [5, 5.41) is 17.7. The van der Waals surface area contributed by atoms with Crippen molar-refractivity contribution in [3.63, 3.8) is 0 Å². The number of nitrogens with one attached hydrogen (secondary N) is 1. The number of aliphatic hydroxyl groups is 2. The summed E-state index contributed by atoms with van der Waals surface area (Å²) in [4.78, 5) is 11.0. The Kier molecular flexibility index (Phi) is 5.90. The van der Waals surface area contributed by atoms with Crippen molar-refractivity contribution in [2.75, 3.05) is 20.3 Å². The Hall–Kier alpha value is -1.19. The molecule has 0 bridgehead atoms. The molecule has 9 heteroatoms. The van der Waals surface area contributed by atoms with Gasteiger partial charge in [0.15, 0.2) is 0 Å². The van der Waals surface area contributed by atoms with Crippen LogP contribution in [0.4, 0.5) is 0 Å². The van der Waals surface area contributed by atoms with Gasteiger partial charge in [0.2, 0.25) is 10.0 Å². The van der Waals surface area contributed by atoms with Crippen LogP contribution in [0.3, 0.4) is 0 Å². The maximum atomic E-state index is 12.0. The van der Waals surface area contributed by atoms with Crippen molar-refractivity contribution >= 4 is 27.6 Å². The average molecular weight is 324 g/mol. The lowest BCUT2D eigenvalue weighted by Gasteiger charge is -2.11. The fourth-order valence-corrected chi connectivity index (χ4v) is 2.90.